The number of carbonyl (C=O) groups excluding carboxylic acids is 1. The van der Waals surface area contributed by atoms with Gasteiger partial charge in [-0.2, -0.15) is 0 Å². The molecule has 0 aromatic heterocycles. The van der Waals surface area contributed by atoms with Crippen LogP contribution >= 0.6 is 0 Å². The van der Waals surface area contributed by atoms with Gasteiger partial charge in [-0.1, -0.05) is 18.2 Å². The average molecular weight is 360 g/mol. The van der Waals surface area contributed by atoms with Crippen LogP contribution in [-0.4, -0.2) is 52.2 Å². The van der Waals surface area contributed by atoms with E-state index in [1.165, 1.54) is 0 Å². The fourth-order valence-electron chi connectivity index (χ4n) is 2.56. The van der Waals surface area contributed by atoms with E-state index in [0.717, 1.165) is 18.1 Å². The molecule has 128 valence electrons. The summed E-state index contributed by atoms with van der Waals surface area (Å²) in [5.74, 6) is -0.229. The van der Waals surface area contributed by atoms with Gasteiger partial charge in [-0.3, -0.25) is 4.79 Å². The average Bonchev–Trinajstić information content (AvgIpc) is 2.42. The predicted octanol–water partition coefficient (Wildman–Crippen LogP) is 0.799. The number of hydrogen-bond donors (Lipinski definition) is 0. The van der Waals surface area contributed by atoms with Crippen LogP contribution in [0.3, 0.4) is 0 Å². The molecule has 0 atom stereocenters. The highest BCUT2D eigenvalue weighted by Gasteiger charge is 2.44. The Kier molecular flexibility index (Phi) is 4.86. The molecule has 1 aromatic rings. The SMILES string of the molecule is CS(=O)(=O)CCC1(CCS(C)(=O)=O)Oc2ccccc2CC1=O. The number of Topliss-reactive ketones (excluding diaryl/α,β-unsaturated/α-hetero) is 1. The number of hydrogen-bond acceptors (Lipinski definition) is 6. The molecule has 6 nitrogen and oxygen atoms in total. The van der Waals surface area contributed by atoms with Gasteiger partial charge >= 0.3 is 0 Å². The first-order valence-electron chi connectivity index (χ1n) is 7.16. The van der Waals surface area contributed by atoms with Crippen molar-refractivity contribution in [2.45, 2.75) is 24.9 Å². The first-order chi connectivity index (χ1) is 10.5. The highest BCUT2D eigenvalue weighted by atomic mass is 32.2. The Morgan fingerprint density at radius 2 is 1.52 bits per heavy atom. The molecule has 0 saturated heterocycles. The van der Waals surface area contributed by atoms with Crippen molar-refractivity contribution in [1.29, 1.82) is 0 Å². The molecular formula is C15H20O6S2. The number of fused-ring (bicyclic) bond motifs is 1. The monoisotopic (exact) mass is 360 g/mol. The van der Waals surface area contributed by atoms with Crippen LogP contribution in [0.15, 0.2) is 24.3 Å². The second kappa shape index (κ2) is 6.24. The molecule has 0 saturated carbocycles. The summed E-state index contributed by atoms with van der Waals surface area (Å²) < 4.78 is 51.8. The number of benzene rings is 1. The minimum Gasteiger partial charge on any atom is -0.479 e. The van der Waals surface area contributed by atoms with E-state index in [-0.39, 0.29) is 36.6 Å². The van der Waals surface area contributed by atoms with E-state index in [9.17, 15) is 21.6 Å². The van der Waals surface area contributed by atoms with Gasteiger partial charge < -0.3 is 4.74 Å². The van der Waals surface area contributed by atoms with Crippen LogP contribution < -0.4 is 4.74 Å². The third-order valence-corrected chi connectivity index (χ3v) is 5.78. The Labute approximate surface area is 136 Å². The van der Waals surface area contributed by atoms with Crippen LogP contribution in [0, 0.1) is 0 Å². The summed E-state index contributed by atoms with van der Waals surface area (Å²) in [6.07, 6.45) is 2.18. The summed E-state index contributed by atoms with van der Waals surface area (Å²) in [5.41, 5.74) is -0.674. The van der Waals surface area contributed by atoms with Crippen LogP contribution in [0.25, 0.3) is 0 Å². The van der Waals surface area contributed by atoms with E-state index in [4.69, 9.17) is 4.74 Å². The van der Waals surface area contributed by atoms with Crippen LogP contribution in [0.4, 0.5) is 0 Å². The zero-order valence-electron chi connectivity index (χ0n) is 13.1. The van der Waals surface area contributed by atoms with Crippen molar-refractivity contribution in [2.24, 2.45) is 0 Å². The summed E-state index contributed by atoms with van der Waals surface area (Å²) >= 11 is 0. The second-order valence-electron chi connectivity index (χ2n) is 6.06. The Morgan fingerprint density at radius 3 is 2.04 bits per heavy atom. The molecule has 0 bridgehead atoms. The lowest BCUT2D eigenvalue weighted by molar-refractivity contribution is -0.136. The molecule has 1 heterocycles. The smallest absolute Gasteiger partial charge is 0.180 e. The number of sulfone groups is 2. The standard InChI is InChI=1S/C15H20O6S2/c1-22(17,18)9-7-15(8-10-23(2,19)20)14(16)11-12-5-3-4-6-13(12)21-15/h3-6H,7-11H2,1-2H3. The van der Waals surface area contributed by atoms with E-state index >= 15 is 0 Å². The largest absolute Gasteiger partial charge is 0.479 e. The molecule has 0 aliphatic carbocycles. The molecule has 1 aliphatic heterocycles. The van der Waals surface area contributed by atoms with Crippen molar-refractivity contribution in [3.63, 3.8) is 0 Å². The lowest BCUT2D eigenvalue weighted by atomic mass is 9.85. The number of carbonyl (C=O) groups is 1. The van der Waals surface area contributed by atoms with E-state index < -0.39 is 25.3 Å². The van der Waals surface area contributed by atoms with E-state index in [0.29, 0.717) is 5.75 Å². The summed E-state index contributed by atoms with van der Waals surface area (Å²) in [6.45, 7) is 0. The van der Waals surface area contributed by atoms with Crippen LogP contribution in [-0.2, 0) is 30.9 Å². The zero-order valence-corrected chi connectivity index (χ0v) is 14.7. The Morgan fingerprint density at radius 1 is 1.00 bits per heavy atom. The van der Waals surface area contributed by atoms with Crippen molar-refractivity contribution in [3.8, 4) is 5.75 Å². The normalized spacial score (nSPS) is 17.4. The topological polar surface area (TPSA) is 94.6 Å². The molecule has 0 N–H and O–H groups in total. The molecule has 0 spiro atoms. The molecule has 1 aliphatic rings. The third kappa shape index (κ3) is 4.78. The van der Waals surface area contributed by atoms with Gasteiger partial charge in [0.2, 0.25) is 0 Å². The minimum absolute atomic E-state index is 0.0471. The van der Waals surface area contributed by atoms with Crippen LogP contribution in [0.2, 0.25) is 0 Å². The van der Waals surface area contributed by atoms with Gasteiger partial charge in [-0.15, -0.1) is 0 Å². The van der Waals surface area contributed by atoms with Crippen LogP contribution in [0.1, 0.15) is 18.4 Å². The van der Waals surface area contributed by atoms with Gasteiger partial charge in [0, 0.05) is 37.3 Å². The lowest BCUT2D eigenvalue weighted by Crippen LogP contribution is -2.50. The Bertz CT molecular complexity index is 772. The number of para-hydroxylation sites is 1. The predicted molar refractivity (Wildman–Crippen MR) is 87.2 cm³/mol. The maximum atomic E-state index is 12.6. The molecule has 0 radical (unpaired) electrons. The fourth-order valence-corrected chi connectivity index (χ4v) is 3.96. The lowest BCUT2D eigenvalue weighted by Gasteiger charge is -2.37. The van der Waals surface area contributed by atoms with Gasteiger partial charge in [-0.05, 0) is 6.07 Å². The molecule has 0 fully saturated rings. The van der Waals surface area contributed by atoms with E-state index in [1.54, 1.807) is 24.3 Å². The molecule has 1 aromatic carbocycles. The zero-order chi connectivity index (χ0) is 17.3. The highest BCUT2D eigenvalue weighted by Crippen LogP contribution is 2.35. The second-order valence-corrected chi connectivity index (χ2v) is 10.6. The van der Waals surface area contributed by atoms with E-state index in [2.05, 4.69) is 0 Å². The summed E-state index contributed by atoms with van der Waals surface area (Å²) in [7, 11) is -6.60. The van der Waals surface area contributed by atoms with Crippen LogP contribution in [0.5, 0.6) is 5.75 Å². The summed E-state index contributed by atoms with van der Waals surface area (Å²) in [6, 6.07) is 7.02. The number of ether oxygens (including phenoxy) is 1. The molecule has 8 heteroatoms. The Balaban J connectivity index is 2.35. The van der Waals surface area contributed by atoms with Crippen molar-refractivity contribution in [2.75, 3.05) is 24.0 Å². The Hall–Kier alpha value is -1.41. The van der Waals surface area contributed by atoms with Gasteiger partial charge in [0.05, 0.1) is 11.5 Å². The summed E-state index contributed by atoms with van der Waals surface area (Å²) in [5, 5.41) is 0. The first kappa shape index (κ1) is 17.9. The molecule has 23 heavy (non-hydrogen) atoms. The van der Waals surface area contributed by atoms with Gasteiger partial charge in [-0.25, -0.2) is 16.8 Å². The van der Waals surface area contributed by atoms with Crippen molar-refractivity contribution < 1.29 is 26.4 Å². The van der Waals surface area contributed by atoms with Crippen molar-refractivity contribution >= 4 is 25.5 Å². The van der Waals surface area contributed by atoms with Crippen molar-refractivity contribution in [3.05, 3.63) is 29.8 Å². The quantitative estimate of drug-likeness (QED) is 0.745. The van der Waals surface area contributed by atoms with E-state index in [1.807, 2.05) is 0 Å². The molecule has 0 amide bonds. The fraction of sp³-hybridized carbons (Fsp3) is 0.533. The molecule has 0 unspecified atom stereocenters. The summed E-state index contributed by atoms with van der Waals surface area (Å²) in [4.78, 5) is 12.6. The van der Waals surface area contributed by atoms with Gasteiger partial charge in [0.1, 0.15) is 25.4 Å². The maximum Gasteiger partial charge on any atom is 0.180 e. The first-order valence-corrected chi connectivity index (χ1v) is 11.3. The van der Waals surface area contributed by atoms with Crippen molar-refractivity contribution in [1.82, 2.24) is 0 Å². The third-order valence-electron chi connectivity index (χ3n) is 3.89. The number of rotatable bonds is 6. The number of ketones is 1. The minimum atomic E-state index is -3.30. The molecule has 2 rings (SSSR count). The molecular weight excluding hydrogens is 340 g/mol. The van der Waals surface area contributed by atoms with Gasteiger partial charge in [0.25, 0.3) is 0 Å². The highest BCUT2D eigenvalue weighted by molar-refractivity contribution is 7.90. The van der Waals surface area contributed by atoms with Gasteiger partial charge in [0.15, 0.2) is 11.4 Å². The maximum absolute atomic E-state index is 12.6.